The molecular formula is C31H46N3O10P. The predicted molar refractivity (Wildman–Crippen MR) is 167 cm³/mol. The van der Waals surface area contributed by atoms with Crippen molar-refractivity contribution >= 4 is 32.4 Å². The number of rotatable bonds is 21. The van der Waals surface area contributed by atoms with Gasteiger partial charge >= 0.3 is 14.2 Å². The van der Waals surface area contributed by atoms with Crippen LogP contribution in [0.5, 0.6) is 11.5 Å². The number of nitrogens with one attached hydrogen (secondary N) is 2. The highest BCUT2D eigenvalue weighted by molar-refractivity contribution is 7.32. The van der Waals surface area contributed by atoms with E-state index in [9.17, 15) is 28.6 Å². The van der Waals surface area contributed by atoms with Crippen LogP contribution in [0.2, 0.25) is 0 Å². The molecule has 0 fully saturated rings. The van der Waals surface area contributed by atoms with Crippen LogP contribution < -0.4 is 19.9 Å². The summed E-state index contributed by atoms with van der Waals surface area (Å²) in [7, 11) is -3.26. The Morgan fingerprint density at radius 2 is 1.71 bits per heavy atom. The van der Waals surface area contributed by atoms with Crippen molar-refractivity contribution in [2.24, 2.45) is 11.8 Å². The van der Waals surface area contributed by atoms with E-state index in [-0.39, 0.29) is 29.9 Å². The molecule has 14 heteroatoms. The number of benzene rings is 1. The van der Waals surface area contributed by atoms with Gasteiger partial charge in [0, 0.05) is 11.6 Å². The molecule has 0 saturated carbocycles. The van der Waals surface area contributed by atoms with Crippen molar-refractivity contribution in [1.29, 1.82) is 0 Å². The number of hydroxylamine groups is 2. The van der Waals surface area contributed by atoms with Gasteiger partial charge in [0.1, 0.15) is 17.3 Å². The van der Waals surface area contributed by atoms with E-state index in [1.54, 1.807) is 19.1 Å². The van der Waals surface area contributed by atoms with E-state index < -0.39 is 38.0 Å². The van der Waals surface area contributed by atoms with Gasteiger partial charge in [0.2, 0.25) is 12.3 Å². The summed E-state index contributed by atoms with van der Waals surface area (Å²) in [4.78, 5) is 65.4. The van der Waals surface area contributed by atoms with Crippen LogP contribution in [0.1, 0.15) is 90.1 Å². The van der Waals surface area contributed by atoms with Crippen LogP contribution in [0.3, 0.4) is 0 Å². The van der Waals surface area contributed by atoms with Crippen molar-refractivity contribution in [1.82, 2.24) is 15.7 Å². The molecule has 0 aliphatic rings. The van der Waals surface area contributed by atoms with Crippen LogP contribution in [-0.4, -0.2) is 53.5 Å². The zero-order valence-corrected chi connectivity index (χ0v) is 27.6. The molecular weight excluding hydrogens is 605 g/mol. The molecule has 3 amide bonds. The largest absolute Gasteiger partial charge is 0.494 e. The second-order valence-corrected chi connectivity index (χ2v) is 11.1. The number of hydrogen-bond donors (Lipinski definition) is 3. The van der Waals surface area contributed by atoms with Gasteiger partial charge in [0.05, 0.1) is 31.2 Å². The number of nitrogens with zero attached hydrogens (tertiary/aromatic N) is 1. The zero-order chi connectivity index (χ0) is 33.4. The molecule has 2 rings (SSSR count). The molecule has 3 atom stereocenters. The third-order valence-electron chi connectivity index (χ3n) is 7.31. The van der Waals surface area contributed by atoms with Crippen molar-refractivity contribution in [3.05, 3.63) is 36.1 Å². The Morgan fingerprint density at radius 3 is 2.31 bits per heavy atom. The normalized spacial score (nSPS) is 13.0. The highest BCUT2D eigenvalue weighted by atomic mass is 31.1. The van der Waals surface area contributed by atoms with Crippen LogP contribution >= 0.6 is 8.25 Å². The zero-order valence-electron chi connectivity index (χ0n) is 26.6. The van der Waals surface area contributed by atoms with Crippen molar-refractivity contribution in [3.63, 3.8) is 0 Å². The number of carbonyl (C=O) groups excluding carboxylic acids is 4. The highest BCUT2D eigenvalue weighted by Crippen LogP contribution is 2.34. The minimum Gasteiger partial charge on any atom is -0.494 e. The van der Waals surface area contributed by atoms with Gasteiger partial charge < -0.3 is 34.0 Å². The summed E-state index contributed by atoms with van der Waals surface area (Å²) in [5.41, 5.74) is 0.455. The maximum atomic E-state index is 13.4. The Kier molecular flexibility index (Phi) is 16.2. The van der Waals surface area contributed by atoms with Gasteiger partial charge in [-0.3, -0.25) is 14.4 Å². The molecule has 0 aliphatic heterocycles. The van der Waals surface area contributed by atoms with Crippen LogP contribution in [0, 0.1) is 11.8 Å². The van der Waals surface area contributed by atoms with E-state index in [2.05, 4.69) is 10.6 Å². The van der Waals surface area contributed by atoms with Crippen molar-refractivity contribution < 1.29 is 47.2 Å². The molecule has 0 saturated heterocycles. The predicted octanol–water partition coefficient (Wildman–Crippen LogP) is 5.24. The fourth-order valence-corrected chi connectivity index (χ4v) is 5.21. The summed E-state index contributed by atoms with van der Waals surface area (Å²) in [6.45, 7) is 9.50. The molecule has 1 heterocycles. The maximum Gasteiger partial charge on any atom is 0.365 e. The van der Waals surface area contributed by atoms with Gasteiger partial charge in [-0.15, -0.1) is 0 Å². The lowest BCUT2D eigenvalue weighted by Crippen LogP contribution is -2.49. The standard InChI is InChI=1S/C31H46N3O10P/c1-6-11-12-13-25(26(9-4)34(20-35)43-31(38)21(7-2)8-3)29(36)32-19-33-30(37)28-15-14-27(42-28)22-16-23(41-10-5)18-24(17-22)44-45(39)40/h14-18,20-21,25-26,45H,6-13,19H2,1-5H3,(H,32,36)(H,33,37)(H,39,40). The second kappa shape index (κ2) is 19.5. The van der Waals surface area contributed by atoms with Gasteiger partial charge in [-0.1, -0.05) is 47.0 Å². The number of unbranched alkanes of at least 4 members (excludes halogenated alkanes) is 2. The minimum absolute atomic E-state index is 0.0364. The Morgan fingerprint density at radius 1 is 1.00 bits per heavy atom. The number of ether oxygens (including phenoxy) is 1. The Labute approximate surface area is 264 Å². The molecule has 0 spiro atoms. The number of carbonyl (C=O) groups is 4. The maximum absolute atomic E-state index is 13.4. The molecule has 45 heavy (non-hydrogen) atoms. The molecule has 1 aromatic heterocycles. The first-order valence-corrected chi connectivity index (χ1v) is 16.7. The topological polar surface area (TPSA) is 174 Å². The first kappa shape index (κ1) is 37.4. The second-order valence-electron chi connectivity index (χ2n) is 10.3. The fraction of sp³-hybridized carbons (Fsp3) is 0.548. The van der Waals surface area contributed by atoms with Gasteiger partial charge in [-0.25, -0.2) is 9.36 Å². The Balaban J connectivity index is 2.12. The van der Waals surface area contributed by atoms with Gasteiger partial charge in [-0.2, -0.15) is 5.06 Å². The summed E-state index contributed by atoms with van der Waals surface area (Å²) in [6, 6.07) is 6.90. The number of amides is 3. The number of furan rings is 1. The van der Waals surface area contributed by atoms with E-state index in [0.29, 0.717) is 50.0 Å². The van der Waals surface area contributed by atoms with Gasteiger partial charge in [-0.05, 0) is 56.9 Å². The van der Waals surface area contributed by atoms with Crippen molar-refractivity contribution in [2.75, 3.05) is 13.3 Å². The third-order valence-corrected chi connectivity index (χ3v) is 7.72. The summed E-state index contributed by atoms with van der Waals surface area (Å²) in [5, 5.41) is 6.26. The minimum atomic E-state index is -3.26. The Hall–Kier alpha value is -3.83. The molecule has 250 valence electrons. The molecule has 3 N–H and O–H groups in total. The van der Waals surface area contributed by atoms with Gasteiger partial charge in [0.15, 0.2) is 5.76 Å². The van der Waals surface area contributed by atoms with E-state index in [1.807, 2.05) is 27.7 Å². The molecule has 0 bridgehead atoms. The lowest BCUT2D eigenvalue weighted by atomic mass is 9.90. The summed E-state index contributed by atoms with van der Waals surface area (Å²) in [5.74, 6) is -1.81. The van der Waals surface area contributed by atoms with Crippen molar-refractivity contribution in [2.45, 2.75) is 85.6 Å². The quantitative estimate of drug-likeness (QED) is 0.0533. The van der Waals surface area contributed by atoms with E-state index in [4.69, 9.17) is 18.5 Å². The molecule has 0 aliphatic carbocycles. The lowest BCUT2D eigenvalue weighted by Gasteiger charge is -2.32. The SMILES string of the molecule is CCCCCC(C(=O)NCNC(=O)c1ccc(-c2cc(OCC)cc(O[PH](=O)O)c2)o1)C(CC)N(C=O)OC(=O)C(CC)CC. The summed E-state index contributed by atoms with van der Waals surface area (Å²) >= 11 is 0. The molecule has 1 aromatic carbocycles. The highest BCUT2D eigenvalue weighted by Gasteiger charge is 2.34. The van der Waals surface area contributed by atoms with Crippen LogP contribution in [-0.2, 0) is 23.8 Å². The van der Waals surface area contributed by atoms with Gasteiger partial charge in [0.25, 0.3) is 5.91 Å². The Bertz CT molecular complexity index is 1280. The van der Waals surface area contributed by atoms with E-state index in [1.165, 1.54) is 18.2 Å². The number of hydrogen-bond acceptors (Lipinski definition) is 9. The molecule has 13 nitrogen and oxygen atoms in total. The average Bonchev–Trinajstić information content (AvgIpc) is 3.51. The third kappa shape index (κ3) is 11.6. The summed E-state index contributed by atoms with van der Waals surface area (Å²) in [6.07, 6.45) is 4.94. The van der Waals surface area contributed by atoms with Crippen LogP contribution in [0.4, 0.5) is 0 Å². The molecule has 3 unspecified atom stereocenters. The molecule has 2 aromatic rings. The first-order chi connectivity index (χ1) is 21.6. The smallest absolute Gasteiger partial charge is 0.365 e. The van der Waals surface area contributed by atoms with Crippen molar-refractivity contribution in [3.8, 4) is 22.8 Å². The van der Waals surface area contributed by atoms with Crippen LogP contribution in [0.15, 0.2) is 34.7 Å². The van der Waals surface area contributed by atoms with E-state index >= 15 is 0 Å². The van der Waals surface area contributed by atoms with E-state index in [0.717, 1.165) is 24.3 Å². The average molecular weight is 652 g/mol. The molecule has 0 radical (unpaired) electrons. The monoisotopic (exact) mass is 651 g/mol. The first-order valence-electron chi connectivity index (χ1n) is 15.4. The lowest BCUT2D eigenvalue weighted by molar-refractivity contribution is -0.208. The fourth-order valence-electron chi connectivity index (χ4n) is 4.89. The van der Waals surface area contributed by atoms with Crippen LogP contribution in [0.25, 0.3) is 11.3 Å². The summed E-state index contributed by atoms with van der Waals surface area (Å²) < 4.78 is 27.4.